The third kappa shape index (κ3) is 4.80. The van der Waals surface area contributed by atoms with E-state index in [1.165, 1.54) is 18.2 Å². The maximum atomic E-state index is 12.9. The van der Waals surface area contributed by atoms with Crippen molar-refractivity contribution in [3.8, 4) is 0 Å². The van der Waals surface area contributed by atoms with Crippen molar-refractivity contribution in [1.82, 2.24) is 5.32 Å². The molecule has 0 radical (unpaired) electrons. The summed E-state index contributed by atoms with van der Waals surface area (Å²) in [5.41, 5.74) is 3.01. The molecule has 4 nitrogen and oxygen atoms in total. The number of carbonyl (C=O) groups excluding carboxylic acids is 2. The van der Waals surface area contributed by atoms with Gasteiger partial charge in [0.15, 0.2) is 6.61 Å². The van der Waals surface area contributed by atoms with Gasteiger partial charge in [-0.2, -0.15) is 0 Å². The van der Waals surface area contributed by atoms with Crippen LogP contribution in [0.2, 0.25) is 5.02 Å². The molecule has 0 atom stereocenters. The summed E-state index contributed by atoms with van der Waals surface area (Å²) in [7, 11) is 0. The largest absolute Gasteiger partial charge is 0.452 e. The second-order valence-corrected chi connectivity index (χ2v) is 5.79. The minimum atomic E-state index is -0.562. The molecule has 0 spiro atoms. The Morgan fingerprint density at radius 3 is 2.54 bits per heavy atom. The molecule has 0 unspecified atom stereocenters. The average molecular weight is 350 g/mol. The number of nitrogens with one attached hydrogen (secondary N) is 1. The molecule has 2 aromatic carbocycles. The first-order chi connectivity index (χ1) is 11.4. The summed E-state index contributed by atoms with van der Waals surface area (Å²) >= 11 is 5.87. The Bertz CT molecular complexity index is 777. The lowest BCUT2D eigenvalue weighted by Gasteiger charge is -2.09. The first kappa shape index (κ1) is 17.9. The molecule has 0 fully saturated rings. The highest BCUT2D eigenvalue weighted by Gasteiger charge is 2.11. The topological polar surface area (TPSA) is 55.4 Å². The van der Waals surface area contributed by atoms with Crippen LogP contribution in [0.15, 0.2) is 36.4 Å². The fraction of sp³-hybridized carbons (Fsp3) is 0.222. The van der Waals surface area contributed by atoms with E-state index in [1.54, 1.807) is 12.1 Å². The van der Waals surface area contributed by atoms with E-state index >= 15 is 0 Å². The van der Waals surface area contributed by atoms with Crippen LogP contribution in [-0.2, 0) is 16.1 Å². The van der Waals surface area contributed by atoms with E-state index in [0.717, 1.165) is 11.1 Å². The number of carbonyl (C=O) groups is 2. The molecule has 0 heterocycles. The van der Waals surface area contributed by atoms with E-state index < -0.39 is 24.3 Å². The van der Waals surface area contributed by atoms with Gasteiger partial charge in [0.1, 0.15) is 5.82 Å². The van der Waals surface area contributed by atoms with Gasteiger partial charge >= 0.3 is 5.97 Å². The third-order valence-corrected chi connectivity index (χ3v) is 3.92. The van der Waals surface area contributed by atoms with E-state index in [4.69, 9.17) is 16.3 Å². The highest BCUT2D eigenvalue weighted by molar-refractivity contribution is 6.31. The Balaban J connectivity index is 1.84. The molecular weight excluding hydrogens is 333 g/mol. The zero-order valence-electron chi connectivity index (χ0n) is 13.4. The van der Waals surface area contributed by atoms with E-state index in [0.29, 0.717) is 11.1 Å². The van der Waals surface area contributed by atoms with E-state index in [1.807, 2.05) is 19.9 Å². The maximum Gasteiger partial charge on any atom is 0.338 e. The second kappa shape index (κ2) is 7.93. The van der Waals surface area contributed by atoms with Crippen LogP contribution in [0.25, 0.3) is 0 Å². The van der Waals surface area contributed by atoms with Crippen LogP contribution in [0, 0.1) is 19.7 Å². The summed E-state index contributed by atoms with van der Waals surface area (Å²) in [5, 5.41) is 2.79. The molecule has 2 aromatic rings. The summed E-state index contributed by atoms with van der Waals surface area (Å²) in [6.45, 7) is 3.56. The molecule has 6 heteroatoms. The van der Waals surface area contributed by atoms with Crippen molar-refractivity contribution in [3.05, 3.63) is 69.5 Å². The Hall–Kier alpha value is -2.40. The van der Waals surface area contributed by atoms with Crippen molar-refractivity contribution in [2.75, 3.05) is 6.61 Å². The van der Waals surface area contributed by atoms with Crippen LogP contribution >= 0.6 is 11.6 Å². The standard InChI is InChI=1S/C18H17ClFNO3/c1-11-3-4-13(7-12(11)2)18(23)24-10-17(22)21-9-14-5-6-15(20)8-16(14)19/h3-8H,9-10H2,1-2H3,(H,21,22). The van der Waals surface area contributed by atoms with Gasteiger partial charge < -0.3 is 10.1 Å². The van der Waals surface area contributed by atoms with E-state index in [9.17, 15) is 14.0 Å². The van der Waals surface area contributed by atoms with Crippen molar-refractivity contribution in [1.29, 1.82) is 0 Å². The minimum Gasteiger partial charge on any atom is -0.452 e. The lowest BCUT2D eigenvalue weighted by Crippen LogP contribution is -2.28. The molecule has 126 valence electrons. The number of hydrogen-bond donors (Lipinski definition) is 1. The first-order valence-corrected chi connectivity index (χ1v) is 7.69. The van der Waals surface area contributed by atoms with Gasteiger partial charge in [-0.25, -0.2) is 9.18 Å². The van der Waals surface area contributed by atoms with Gasteiger partial charge in [0.25, 0.3) is 5.91 Å². The van der Waals surface area contributed by atoms with Gasteiger partial charge in [-0.3, -0.25) is 4.79 Å². The highest BCUT2D eigenvalue weighted by Crippen LogP contribution is 2.16. The summed E-state index contributed by atoms with van der Waals surface area (Å²) in [6.07, 6.45) is 0. The first-order valence-electron chi connectivity index (χ1n) is 7.32. The number of rotatable bonds is 5. The number of hydrogen-bond acceptors (Lipinski definition) is 3. The van der Waals surface area contributed by atoms with Crippen LogP contribution in [0.4, 0.5) is 4.39 Å². The molecule has 0 saturated carbocycles. The molecule has 0 aliphatic carbocycles. The molecule has 0 aliphatic rings. The normalized spacial score (nSPS) is 10.3. The van der Waals surface area contributed by atoms with Crippen LogP contribution in [-0.4, -0.2) is 18.5 Å². The van der Waals surface area contributed by atoms with Crippen molar-refractivity contribution >= 4 is 23.5 Å². The summed E-state index contributed by atoms with van der Waals surface area (Å²) in [5.74, 6) is -1.47. The SMILES string of the molecule is Cc1ccc(C(=O)OCC(=O)NCc2ccc(F)cc2Cl)cc1C. The highest BCUT2D eigenvalue weighted by atomic mass is 35.5. The molecule has 1 N–H and O–H groups in total. The molecular formula is C18H17ClFNO3. The van der Waals surface area contributed by atoms with Gasteiger partial charge in [-0.05, 0) is 54.8 Å². The monoisotopic (exact) mass is 349 g/mol. The van der Waals surface area contributed by atoms with Crippen molar-refractivity contribution in [2.24, 2.45) is 0 Å². The van der Waals surface area contributed by atoms with Crippen molar-refractivity contribution < 1.29 is 18.7 Å². The fourth-order valence-electron chi connectivity index (χ4n) is 1.99. The van der Waals surface area contributed by atoms with Crippen LogP contribution in [0.3, 0.4) is 0 Å². The lowest BCUT2D eigenvalue weighted by atomic mass is 10.1. The minimum absolute atomic E-state index is 0.124. The Morgan fingerprint density at radius 2 is 1.88 bits per heavy atom. The quantitative estimate of drug-likeness (QED) is 0.839. The maximum absolute atomic E-state index is 12.9. The number of amides is 1. The van der Waals surface area contributed by atoms with E-state index in [-0.39, 0.29) is 11.6 Å². The predicted octanol–water partition coefficient (Wildman–Crippen LogP) is 3.57. The molecule has 2 rings (SSSR count). The van der Waals surface area contributed by atoms with Crippen molar-refractivity contribution in [2.45, 2.75) is 20.4 Å². The fourth-order valence-corrected chi connectivity index (χ4v) is 2.23. The Morgan fingerprint density at radius 1 is 1.12 bits per heavy atom. The second-order valence-electron chi connectivity index (χ2n) is 5.39. The number of esters is 1. The van der Waals surface area contributed by atoms with Crippen molar-refractivity contribution in [3.63, 3.8) is 0 Å². The number of ether oxygens (including phenoxy) is 1. The van der Waals surface area contributed by atoms with Gasteiger partial charge in [0.05, 0.1) is 5.56 Å². The van der Waals surface area contributed by atoms with Gasteiger partial charge in [-0.15, -0.1) is 0 Å². The smallest absolute Gasteiger partial charge is 0.338 e. The Labute approximate surface area is 144 Å². The Kier molecular flexibility index (Phi) is 5.93. The number of aryl methyl sites for hydroxylation is 2. The summed E-state index contributed by atoms with van der Waals surface area (Å²) < 4.78 is 17.9. The van der Waals surface area contributed by atoms with Gasteiger partial charge in [0, 0.05) is 11.6 Å². The molecule has 0 aromatic heterocycles. The van der Waals surface area contributed by atoms with Crippen LogP contribution < -0.4 is 5.32 Å². The lowest BCUT2D eigenvalue weighted by molar-refractivity contribution is -0.124. The molecule has 0 aliphatic heterocycles. The molecule has 0 saturated heterocycles. The summed E-state index contributed by atoms with van der Waals surface area (Å²) in [4.78, 5) is 23.7. The predicted molar refractivity (Wildman–Crippen MR) is 89.5 cm³/mol. The van der Waals surface area contributed by atoms with E-state index in [2.05, 4.69) is 5.32 Å². The third-order valence-electron chi connectivity index (χ3n) is 3.57. The zero-order valence-corrected chi connectivity index (χ0v) is 14.1. The van der Waals surface area contributed by atoms with Crippen LogP contribution in [0.1, 0.15) is 27.0 Å². The molecule has 24 heavy (non-hydrogen) atoms. The van der Waals surface area contributed by atoms with Gasteiger partial charge in [-0.1, -0.05) is 23.7 Å². The average Bonchev–Trinajstić information content (AvgIpc) is 2.54. The molecule has 0 bridgehead atoms. The number of halogens is 2. The summed E-state index contributed by atoms with van der Waals surface area (Å²) in [6, 6.07) is 9.10. The van der Waals surface area contributed by atoms with Crippen LogP contribution in [0.5, 0.6) is 0 Å². The molecule has 1 amide bonds. The van der Waals surface area contributed by atoms with Gasteiger partial charge in [0.2, 0.25) is 0 Å². The number of benzene rings is 2. The zero-order chi connectivity index (χ0) is 17.7.